The Morgan fingerprint density at radius 2 is 2.19 bits per heavy atom. The van der Waals surface area contributed by atoms with Gasteiger partial charge in [-0.15, -0.1) is 0 Å². The van der Waals surface area contributed by atoms with Crippen LogP contribution in [-0.4, -0.2) is 26.4 Å². The van der Waals surface area contributed by atoms with Crippen molar-refractivity contribution in [3.63, 3.8) is 0 Å². The summed E-state index contributed by atoms with van der Waals surface area (Å²) < 4.78 is 5.62. The van der Waals surface area contributed by atoms with Crippen molar-refractivity contribution in [2.45, 2.75) is 6.92 Å². The van der Waals surface area contributed by atoms with E-state index >= 15 is 0 Å². The molecule has 21 heavy (non-hydrogen) atoms. The molecular formula is C11H9BrClN5O3. The second-order valence-electron chi connectivity index (χ2n) is 3.69. The average molecular weight is 375 g/mol. The fraction of sp³-hybridized carbons (Fsp3) is 0.182. The maximum Gasteiger partial charge on any atom is 0.328 e. The molecule has 10 heteroatoms. The molecular weight excluding hydrogens is 366 g/mol. The number of nitro benzene ring substituents is 1. The molecule has 0 saturated heterocycles. The third-order valence-corrected chi connectivity index (χ3v) is 3.23. The largest absolute Gasteiger partial charge is 0.423 e. The van der Waals surface area contributed by atoms with E-state index in [1.165, 1.54) is 12.1 Å². The molecule has 1 aromatic carbocycles. The highest BCUT2D eigenvalue weighted by molar-refractivity contribution is 9.10. The van der Waals surface area contributed by atoms with Crippen LogP contribution < -0.4 is 10.1 Å². The lowest BCUT2D eigenvalue weighted by molar-refractivity contribution is -0.385. The topological polar surface area (TPSA) is 103 Å². The standard InChI is InChI=1S/C11H9BrClN5O3/c1-2-14-10-15-9(13)16-11(17-10)21-7-5-3-4-6(8(7)12)18(19)20/h3-5H,2H2,1H3,(H,14,15,16,17). The summed E-state index contributed by atoms with van der Waals surface area (Å²) >= 11 is 8.89. The molecule has 0 aliphatic heterocycles. The minimum Gasteiger partial charge on any atom is -0.423 e. The predicted molar refractivity (Wildman–Crippen MR) is 79.9 cm³/mol. The van der Waals surface area contributed by atoms with Gasteiger partial charge in [0.25, 0.3) is 5.69 Å². The van der Waals surface area contributed by atoms with Crippen molar-refractivity contribution in [3.05, 3.63) is 38.1 Å². The van der Waals surface area contributed by atoms with Crippen LogP contribution in [-0.2, 0) is 0 Å². The monoisotopic (exact) mass is 373 g/mol. The molecule has 1 N–H and O–H groups in total. The van der Waals surface area contributed by atoms with Gasteiger partial charge in [-0.25, -0.2) is 0 Å². The van der Waals surface area contributed by atoms with Crippen molar-refractivity contribution in [2.24, 2.45) is 0 Å². The third kappa shape index (κ3) is 3.76. The maximum atomic E-state index is 10.9. The summed E-state index contributed by atoms with van der Waals surface area (Å²) in [5.74, 6) is 0.461. The van der Waals surface area contributed by atoms with Gasteiger partial charge < -0.3 is 10.1 Å². The van der Waals surface area contributed by atoms with E-state index in [1.54, 1.807) is 6.07 Å². The summed E-state index contributed by atoms with van der Waals surface area (Å²) in [6.07, 6.45) is 0. The molecule has 0 amide bonds. The smallest absolute Gasteiger partial charge is 0.328 e. The number of halogens is 2. The Bertz CT molecular complexity index is 685. The van der Waals surface area contributed by atoms with Gasteiger partial charge in [-0.2, -0.15) is 15.0 Å². The van der Waals surface area contributed by atoms with Crippen LogP contribution in [0.3, 0.4) is 0 Å². The van der Waals surface area contributed by atoms with Crippen molar-refractivity contribution >= 4 is 39.2 Å². The van der Waals surface area contributed by atoms with E-state index < -0.39 is 4.92 Å². The summed E-state index contributed by atoms with van der Waals surface area (Å²) in [6.45, 7) is 2.47. The summed E-state index contributed by atoms with van der Waals surface area (Å²) in [5.41, 5.74) is -0.125. The van der Waals surface area contributed by atoms with Crippen molar-refractivity contribution in [1.82, 2.24) is 15.0 Å². The first-order valence-electron chi connectivity index (χ1n) is 5.77. The second kappa shape index (κ2) is 6.64. The molecule has 0 radical (unpaired) electrons. The molecule has 0 aliphatic rings. The van der Waals surface area contributed by atoms with E-state index in [4.69, 9.17) is 16.3 Å². The number of nitrogens with zero attached hydrogens (tertiary/aromatic N) is 4. The van der Waals surface area contributed by atoms with Gasteiger partial charge in [0.2, 0.25) is 11.2 Å². The summed E-state index contributed by atoms with van der Waals surface area (Å²) in [6, 6.07) is 4.32. The van der Waals surface area contributed by atoms with E-state index in [0.717, 1.165) is 0 Å². The normalized spacial score (nSPS) is 10.2. The summed E-state index contributed by atoms with van der Waals surface area (Å²) in [4.78, 5) is 22.0. The zero-order valence-electron chi connectivity index (χ0n) is 10.7. The number of rotatable bonds is 5. The van der Waals surface area contributed by atoms with Crippen LogP contribution in [0, 0.1) is 10.1 Å². The lowest BCUT2D eigenvalue weighted by atomic mass is 10.3. The van der Waals surface area contributed by atoms with Crippen LogP contribution in [0.15, 0.2) is 22.7 Å². The van der Waals surface area contributed by atoms with Crippen LogP contribution in [0.5, 0.6) is 11.8 Å². The molecule has 0 saturated carbocycles. The Hall–Kier alpha value is -2.00. The van der Waals surface area contributed by atoms with Gasteiger partial charge in [0.15, 0.2) is 5.75 Å². The first kappa shape index (κ1) is 15.4. The van der Waals surface area contributed by atoms with Crippen LogP contribution in [0.25, 0.3) is 0 Å². The van der Waals surface area contributed by atoms with Crippen molar-refractivity contribution in [2.75, 3.05) is 11.9 Å². The highest BCUT2D eigenvalue weighted by Gasteiger charge is 2.17. The Balaban J connectivity index is 2.34. The first-order valence-corrected chi connectivity index (χ1v) is 6.94. The Morgan fingerprint density at radius 1 is 1.43 bits per heavy atom. The minimum atomic E-state index is -0.526. The number of nitrogens with one attached hydrogen (secondary N) is 1. The van der Waals surface area contributed by atoms with Crippen LogP contribution >= 0.6 is 27.5 Å². The summed E-state index contributed by atoms with van der Waals surface area (Å²) in [7, 11) is 0. The maximum absolute atomic E-state index is 10.9. The van der Waals surface area contributed by atoms with Gasteiger partial charge in [-0.05, 0) is 40.5 Å². The molecule has 0 unspecified atom stereocenters. The number of aromatic nitrogens is 3. The molecule has 1 aromatic heterocycles. The number of benzene rings is 1. The molecule has 0 fully saturated rings. The molecule has 1 heterocycles. The Kier molecular flexibility index (Phi) is 4.86. The van der Waals surface area contributed by atoms with Crippen LogP contribution in [0.4, 0.5) is 11.6 Å². The fourth-order valence-corrected chi connectivity index (χ4v) is 2.07. The minimum absolute atomic E-state index is 0.0440. The Labute approximate surface area is 132 Å². The number of hydrogen-bond donors (Lipinski definition) is 1. The van der Waals surface area contributed by atoms with Gasteiger partial charge in [-0.1, -0.05) is 6.07 Å². The number of anilines is 1. The lowest BCUT2D eigenvalue weighted by Crippen LogP contribution is -2.05. The zero-order chi connectivity index (χ0) is 15.4. The first-order chi connectivity index (χ1) is 10.0. The zero-order valence-corrected chi connectivity index (χ0v) is 13.1. The van der Waals surface area contributed by atoms with E-state index in [2.05, 4.69) is 36.2 Å². The molecule has 0 atom stereocenters. The second-order valence-corrected chi connectivity index (χ2v) is 4.82. The lowest BCUT2D eigenvalue weighted by Gasteiger charge is -2.07. The molecule has 0 aliphatic carbocycles. The van der Waals surface area contributed by atoms with Gasteiger partial charge in [-0.3, -0.25) is 10.1 Å². The van der Waals surface area contributed by atoms with E-state index in [0.29, 0.717) is 6.54 Å². The quantitative estimate of drug-likeness (QED) is 0.631. The van der Waals surface area contributed by atoms with E-state index in [1.807, 2.05) is 6.92 Å². The van der Waals surface area contributed by atoms with Crippen molar-refractivity contribution < 1.29 is 9.66 Å². The number of hydrogen-bond acceptors (Lipinski definition) is 7. The third-order valence-electron chi connectivity index (χ3n) is 2.26. The van der Waals surface area contributed by atoms with Crippen LogP contribution in [0.1, 0.15) is 6.92 Å². The van der Waals surface area contributed by atoms with Gasteiger partial charge in [0.1, 0.15) is 4.47 Å². The van der Waals surface area contributed by atoms with Gasteiger partial charge in [0.05, 0.1) is 4.92 Å². The highest BCUT2D eigenvalue weighted by Crippen LogP contribution is 2.35. The SMILES string of the molecule is CCNc1nc(Cl)nc(Oc2cccc([N+](=O)[O-])c2Br)n1. The van der Waals surface area contributed by atoms with Gasteiger partial charge >= 0.3 is 6.01 Å². The molecule has 0 bridgehead atoms. The van der Waals surface area contributed by atoms with Gasteiger partial charge in [0, 0.05) is 12.6 Å². The van der Waals surface area contributed by atoms with E-state index in [-0.39, 0.29) is 33.2 Å². The number of ether oxygens (including phenoxy) is 1. The van der Waals surface area contributed by atoms with E-state index in [9.17, 15) is 10.1 Å². The van der Waals surface area contributed by atoms with Crippen molar-refractivity contribution in [1.29, 1.82) is 0 Å². The Morgan fingerprint density at radius 3 is 2.86 bits per heavy atom. The molecule has 8 nitrogen and oxygen atoms in total. The molecule has 2 rings (SSSR count). The molecule has 2 aromatic rings. The van der Waals surface area contributed by atoms with Crippen molar-refractivity contribution in [3.8, 4) is 11.8 Å². The van der Waals surface area contributed by atoms with Crippen LogP contribution in [0.2, 0.25) is 5.28 Å². The molecule has 110 valence electrons. The highest BCUT2D eigenvalue weighted by atomic mass is 79.9. The average Bonchev–Trinajstić information content (AvgIpc) is 2.40. The molecule has 0 spiro atoms. The predicted octanol–water partition coefficient (Wildman–Crippen LogP) is 3.42. The number of nitro groups is 1. The summed E-state index contributed by atoms with van der Waals surface area (Å²) in [5, 5.41) is 13.7. The fourth-order valence-electron chi connectivity index (χ4n) is 1.43.